The highest BCUT2D eigenvalue weighted by Gasteiger charge is 2.41. The van der Waals surface area contributed by atoms with Crippen molar-refractivity contribution >= 4 is 27.8 Å². The minimum Gasteiger partial charge on any atom is -0.450 e. The molecule has 10 heteroatoms. The third-order valence-electron chi connectivity index (χ3n) is 7.66. The van der Waals surface area contributed by atoms with E-state index in [0.29, 0.717) is 23.7 Å². The lowest BCUT2D eigenvalue weighted by molar-refractivity contribution is 0.0570. The summed E-state index contributed by atoms with van der Waals surface area (Å²) in [5.41, 5.74) is 3.94. The van der Waals surface area contributed by atoms with Crippen molar-refractivity contribution in [1.29, 1.82) is 0 Å². The van der Waals surface area contributed by atoms with Crippen molar-refractivity contribution in [2.24, 2.45) is 0 Å². The van der Waals surface area contributed by atoms with Gasteiger partial charge in [-0.2, -0.15) is 0 Å². The quantitative estimate of drug-likeness (QED) is 0.0926. The number of carboxylic acid groups (broad SMARTS) is 1. The van der Waals surface area contributed by atoms with Crippen molar-refractivity contribution < 1.29 is 23.1 Å². The van der Waals surface area contributed by atoms with Gasteiger partial charge in [-0.1, -0.05) is 115 Å². The molecule has 5 aromatic rings. The van der Waals surface area contributed by atoms with E-state index in [4.69, 9.17) is 21.3 Å². The molecule has 1 atom stereocenters. The molecule has 1 aromatic heterocycles. The Morgan fingerprint density at radius 3 is 1.89 bits per heavy atom. The molecule has 4 aromatic carbocycles. The summed E-state index contributed by atoms with van der Waals surface area (Å²) in [7, 11) is -3.83. The zero-order chi connectivity index (χ0) is 31.7. The van der Waals surface area contributed by atoms with E-state index in [1.807, 2.05) is 66.7 Å². The Hall–Kier alpha value is -4.44. The van der Waals surface area contributed by atoms with Crippen LogP contribution >= 0.6 is 11.6 Å². The van der Waals surface area contributed by atoms with Crippen LogP contribution in [0.3, 0.4) is 0 Å². The van der Waals surface area contributed by atoms with E-state index >= 15 is 0 Å². The maximum Gasteiger partial charge on any atom is 0.506 e. The molecule has 45 heavy (non-hydrogen) atoms. The predicted molar refractivity (Wildman–Crippen MR) is 175 cm³/mol. The number of aryl methyl sites for hydroxylation is 1. The van der Waals surface area contributed by atoms with Crippen LogP contribution in [-0.4, -0.2) is 48.0 Å². The third-order valence-corrected chi connectivity index (χ3v) is 9.37. The summed E-state index contributed by atoms with van der Waals surface area (Å²) in [5.74, 6) is 0.191. The molecular weight excluding hydrogens is 610 g/mol. The van der Waals surface area contributed by atoms with E-state index in [1.165, 1.54) is 0 Å². The van der Waals surface area contributed by atoms with Gasteiger partial charge in [0.1, 0.15) is 23.1 Å². The number of aromatic nitrogens is 2. The topological polar surface area (TPSA) is 121 Å². The SMILES string of the molecule is O=C(O)OC(CCc1cnc(C(c2ccccc2)(c2ccccc2)c2ccccc2)[nH]1)CS(=O)(=O)NCCc1ccc(Cl)cc1. The number of sulfonamides is 1. The number of nitrogens with one attached hydrogen (secondary N) is 2. The zero-order valence-electron chi connectivity index (χ0n) is 24.5. The van der Waals surface area contributed by atoms with Gasteiger partial charge in [0.2, 0.25) is 10.0 Å². The molecule has 1 heterocycles. The number of ether oxygens (including phenoxy) is 1. The molecule has 0 saturated carbocycles. The smallest absolute Gasteiger partial charge is 0.450 e. The average molecular weight is 644 g/mol. The Balaban J connectivity index is 1.36. The minimum atomic E-state index is -3.83. The summed E-state index contributed by atoms with van der Waals surface area (Å²) in [6, 6.07) is 37.5. The molecule has 0 spiro atoms. The number of nitrogens with zero attached hydrogens (tertiary/aromatic N) is 1. The van der Waals surface area contributed by atoms with Crippen LogP contribution in [-0.2, 0) is 33.0 Å². The van der Waals surface area contributed by atoms with Crippen LogP contribution < -0.4 is 4.72 Å². The molecule has 5 rings (SSSR count). The molecule has 3 N–H and O–H groups in total. The van der Waals surface area contributed by atoms with Gasteiger partial charge >= 0.3 is 6.16 Å². The van der Waals surface area contributed by atoms with Gasteiger partial charge in [-0.15, -0.1) is 0 Å². The zero-order valence-corrected chi connectivity index (χ0v) is 26.0. The molecule has 0 radical (unpaired) electrons. The van der Waals surface area contributed by atoms with Crippen LogP contribution in [0.15, 0.2) is 121 Å². The van der Waals surface area contributed by atoms with Gasteiger partial charge in [-0.25, -0.2) is 22.9 Å². The first-order chi connectivity index (χ1) is 21.8. The van der Waals surface area contributed by atoms with E-state index < -0.39 is 33.5 Å². The van der Waals surface area contributed by atoms with E-state index in [9.17, 15) is 18.3 Å². The highest BCUT2D eigenvalue weighted by atomic mass is 35.5. The number of aromatic amines is 1. The van der Waals surface area contributed by atoms with Crippen LogP contribution in [0.5, 0.6) is 0 Å². The lowest BCUT2D eigenvalue weighted by atomic mass is 9.69. The first-order valence-corrected chi connectivity index (χ1v) is 16.6. The van der Waals surface area contributed by atoms with E-state index in [0.717, 1.165) is 27.9 Å². The molecule has 0 bridgehead atoms. The fraction of sp³-hybridized carbons (Fsp3) is 0.200. The van der Waals surface area contributed by atoms with Crippen LogP contribution in [0.2, 0.25) is 5.02 Å². The number of hydrogen-bond donors (Lipinski definition) is 3. The Labute approximate surface area is 268 Å². The molecule has 0 aliphatic carbocycles. The Kier molecular flexibility index (Phi) is 10.3. The molecule has 0 fully saturated rings. The Bertz CT molecular complexity index is 1690. The lowest BCUT2D eigenvalue weighted by Crippen LogP contribution is -2.35. The first kappa shape index (κ1) is 32.0. The molecule has 0 saturated heterocycles. The van der Waals surface area contributed by atoms with Gasteiger partial charge < -0.3 is 14.8 Å². The Morgan fingerprint density at radius 1 is 0.844 bits per heavy atom. The number of hydrogen-bond acceptors (Lipinski definition) is 5. The summed E-state index contributed by atoms with van der Waals surface area (Å²) in [6.07, 6.45) is 0.0300. The molecular formula is C35H34ClN3O5S. The molecule has 8 nitrogen and oxygen atoms in total. The fourth-order valence-corrected chi connectivity index (χ4v) is 6.97. The van der Waals surface area contributed by atoms with Gasteiger partial charge in [0, 0.05) is 23.5 Å². The predicted octanol–water partition coefficient (Wildman–Crippen LogP) is 6.60. The van der Waals surface area contributed by atoms with Crippen LogP contribution in [0, 0.1) is 0 Å². The molecule has 0 aliphatic rings. The molecule has 0 amide bonds. The second-order valence-corrected chi connectivity index (χ2v) is 13.0. The average Bonchev–Trinajstić information content (AvgIpc) is 3.52. The first-order valence-electron chi connectivity index (χ1n) is 14.6. The largest absolute Gasteiger partial charge is 0.506 e. The fourth-order valence-electron chi connectivity index (χ4n) is 5.59. The van der Waals surface area contributed by atoms with Crippen LogP contribution in [0.25, 0.3) is 0 Å². The van der Waals surface area contributed by atoms with Crippen molar-refractivity contribution in [1.82, 2.24) is 14.7 Å². The van der Waals surface area contributed by atoms with E-state index in [2.05, 4.69) is 46.1 Å². The summed E-state index contributed by atoms with van der Waals surface area (Å²) in [6.45, 7) is 0.161. The number of H-pyrrole nitrogens is 1. The number of rotatable bonds is 14. The van der Waals surface area contributed by atoms with Crippen molar-refractivity contribution in [3.63, 3.8) is 0 Å². The lowest BCUT2D eigenvalue weighted by Gasteiger charge is -2.34. The molecule has 1 unspecified atom stereocenters. The number of benzene rings is 4. The summed E-state index contributed by atoms with van der Waals surface area (Å²) >= 11 is 5.92. The normalized spacial score (nSPS) is 12.5. The minimum absolute atomic E-state index is 0.140. The summed E-state index contributed by atoms with van der Waals surface area (Å²) in [4.78, 5) is 19.8. The highest BCUT2D eigenvalue weighted by Crippen LogP contribution is 2.43. The molecule has 0 aliphatic heterocycles. The second-order valence-electron chi connectivity index (χ2n) is 10.7. The number of imidazole rings is 1. The van der Waals surface area contributed by atoms with Crippen molar-refractivity contribution in [2.45, 2.75) is 30.8 Å². The van der Waals surface area contributed by atoms with Gasteiger partial charge in [-0.05, 0) is 53.6 Å². The van der Waals surface area contributed by atoms with Crippen molar-refractivity contribution in [3.8, 4) is 0 Å². The van der Waals surface area contributed by atoms with Crippen molar-refractivity contribution in [3.05, 3.63) is 160 Å². The standard InChI is InChI=1S/C35H34ClN3O5S/c36-30-18-16-26(17-19-30)22-23-38-45(42,43)25-32(44-34(40)41)21-20-31-24-37-33(39-31)35(27-10-4-1-5-11-27,28-12-6-2-7-13-28)29-14-8-3-9-15-29/h1-19,24,32,38H,20-23,25H2,(H,37,39)(H,40,41). The summed E-state index contributed by atoms with van der Waals surface area (Å²) < 4.78 is 33.3. The Morgan fingerprint density at radius 2 is 1.38 bits per heavy atom. The van der Waals surface area contributed by atoms with E-state index in [-0.39, 0.29) is 13.0 Å². The highest BCUT2D eigenvalue weighted by molar-refractivity contribution is 7.89. The van der Waals surface area contributed by atoms with Crippen molar-refractivity contribution in [2.75, 3.05) is 12.3 Å². The summed E-state index contributed by atoms with van der Waals surface area (Å²) in [5, 5.41) is 9.95. The number of carbonyl (C=O) groups is 1. The molecule has 232 valence electrons. The van der Waals surface area contributed by atoms with Gasteiger partial charge in [0.05, 0.1) is 0 Å². The van der Waals surface area contributed by atoms with Crippen LogP contribution in [0.1, 0.15) is 40.2 Å². The number of halogens is 1. The van der Waals surface area contributed by atoms with Gasteiger partial charge in [0.25, 0.3) is 0 Å². The maximum atomic E-state index is 12.9. The van der Waals surface area contributed by atoms with Gasteiger partial charge in [-0.3, -0.25) is 0 Å². The maximum absolute atomic E-state index is 12.9. The van der Waals surface area contributed by atoms with E-state index in [1.54, 1.807) is 18.3 Å². The van der Waals surface area contributed by atoms with Crippen LogP contribution in [0.4, 0.5) is 4.79 Å². The van der Waals surface area contributed by atoms with Gasteiger partial charge in [0.15, 0.2) is 0 Å². The second kappa shape index (κ2) is 14.6. The monoisotopic (exact) mass is 643 g/mol. The third kappa shape index (κ3) is 7.99.